The summed E-state index contributed by atoms with van der Waals surface area (Å²) >= 11 is 0. The molecule has 0 radical (unpaired) electrons. The smallest absolute Gasteiger partial charge is 0.160 e. The fourth-order valence-electron chi connectivity index (χ4n) is 8.39. The van der Waals surface area contributed by atoms with Gasteiger partial charge in [-0.25, -0.2) is 9.97 Å². The van der Waals surface area contributed by atoms with Crippen molar-refractivity contribution in [2.45, 2.75) is 25.7 Å². The van der Waals surface area contributed by atoms with Gasteiger partial charge in [-0.05, 0) is 59.9 Å². The quantitative estimate of drug-likeness (QED) is 0.164. The number of rotatable bonds is 7. The minimum Gasteiger partial charge on any atom is -0.354 e. The van der Waals surface area contributed by atoms with E-state index in [1.165, 1.54) is 27.9 Å². The minimum absolute atomic E-state index is 0.434. The van der Waals surface area contributed by atoms with Crippen LogP contribution in [0, 0.1) is 11.3 Å². The Labute approximate surface area is 315 Å². The van der Waals surface area contributed by atoms with Gasteiger partial charge in [-0.3, -0.25) is 5.41 Å². The molecule has 1 aromatic heterocycles. The van der Waals surface area contributed by atoms with Gasteiger partial charge in [-0.15, -0.1) is 0 Å². The molecule has 54 heavy (non-hydrogen) atoms. The number of hydrogen-bond donors (Lipinski definition) is 2. The highest BCUT2D eigenvalue weighted by molar-refractivity contribution is 6.19. The molecule has 4 nitrogen and oxygen atoms in total. The van der Waals surface area contributed by atoms with Crippen LogP contribution in [0.3, 0.4) is 0 Å². The van der Waals surface area contributed by atoms with E-state index < -0.39 is 0 Å². The molecular formula is C50H38N4. The average molecular weight is 695 g/mol. The first kappa shape index (κ1) is 32.0. The fourth-order valence-corrected chi connectivity index (χ4v) is 8.39. The summed E-state index contributed by atoms with van der Waals surface area (Å²) in [7, 11) is 0. The van der Waals surface area contributed by atoms with Gasteiger partial charge in [0.05, 0.1) is 28.3 Å². The van der Waals surface area contributed by atoms with Crippen molar-refractivity contribution >= 4 is 27.9 Å². The van der Waals surface area contributed by atoms with E-state index in [0.29, 0.717) is 11.6 Å². The Bertz CT molecular complexity index is 2660. The van der Waals surface area contributed by atoms with E-state index in [4.69, 9.17) is 9.97 Å². The Morgan fingerprint density at radius 3 is 2.09 bits per heavy atom. The molecule has 0 atom stereocenters. The molecule has 0 unspecified atom stereocenters. The number of para-hydroxylation sites is 1. The third-order valence-electron chi connectivity index (χ3n) is 11.2. The van der Waals surface area contributed by atoms with Gasteiger partial charge in [-0.2, -0.15) is 0 Å². The van der Waals surface area contributed by atoms with Crippen LogP contribution in [0.2, 0.25) is 0 Å². The van der Waals surface area contributed by atoms with Gasteiger partial charge in [0.2, 0.25) is 0 Å². The zero-order chi connectivity index (χ0) is 36.0. The molecule has 5 aliphatic rings. The van der Waals surface area contributed by atoms with Crippen LogP contribution in [-0.2, 0) is 0 Å². The second kappa shape index (κ2) is 13.4. The minimum atomic E-state index is 0.434. The molecule has 1 fully saturated rings. The van der Waals surface area contributed by atoms with Crippen molar-refractivity contribution in [3.05, 3.63) is 214 Å². The van der Waals surface area contributed by atoms with Crippen LogP contribution in [-0.4, -0.2) is 15.7 Å². The van der Waals surface area contributed by atoms with Gasteiger partial charge < -0.3 is 5.32 Å². The molecule has 1 aliphatic heterocycles. The van der Waals surface area contributed by atoms with Crippen molar-refractivity contribution < 1.29 is 0 Å². The van der Waals surface area contributed by atoms with Crippen LogP contribution >= 0.6 is 0 Å². The topological polar surface area (TPSA) is 61.7 Å². The highest BCUT2D eigenvalue weighted by Crippen LogP contribution is 2.49. The van der Waals surface area contributed by atoms with E-state index in [9.17, 15) is 5.41 Å². The Hall–Kier alpha value is -6.65. The van der Waals surface area contributed by atoms with E-state index in [1.807, 2.05) is 42.5 Å². The lowest BCUT2D eigenvalue weighted by molar-refractivity contribution is 0.483. The lowest BCUT2D eigenvalue weighted by atomic mass is 9.67. The van der Waals surface area contributed by atoms with Crippen LogP contribution in [0.4, 0.5) is 0 Å². The normalized spacial score (nSPS) is 17.1. The molecule has 2 bridgehead atoms. The number of benzene rings is 5. The molecular weight excluding hydrogens is 657 g/mol. The zero-order valence-corrected chi connectivity index (χ0v) is 29.9. The third-order valence-corrected chi connectivity index (χ3v) is 11.2. The van der Waals surface area contributed by atoms with Gasteiger partial charge in [-0.1, -0.05) is 163 Å². The Morgan fingerprint density at radius 2 is 1.35 bits per heavy atom. The number of nitrogens with one attached hydrogen (secondary N) is 2. The van der Waals surface area contributed by atoms with Crippen LogP contribution in [0.15, 0.2) is 192 Å². The standard InChI is InChI=1S/C50H38N4/c51-46(34-14-4-1-5-15-34)45(39-29-24-32-30-38(39)31-32)49-41-21-11-10-20-40(41)44(48(53-49)35-16-6-2-7-17-35)33-25-27-36(28-26-33)47-42-22-12-13-23-43(42)52-50(54-47)37-18-8-3-9-19-37/h1-6,8-16,18-29,38,51,53H,7,17,30-31H2/b49-45-,51-46?. The Balaban J connectivity index is 1.15. The first-order chi connectivity index (χ1) is 26.7. The largest absolute Gasteiger partial charge is 0.354 e. The van der Waals surface area contributed by atoms with Gasteiger partial charge in [0.25, 0.3) is 0 Å². The van der Waals surface area contributed by atoms with Crippen molar-refractivity contribution in [3.63, 3.8) is 0 Å². The highest BCUT2D eigenvalue weighted by atomic mass is 14.9. The maximum Gasteiger partial charge on any atom is 0.160 e. The summed E-state index contributed by atoms with van der Waals surface area (Å²) < 4.78 is 0. The van der Waals surface area contributed by atoms with Gasteiger partial charge >= 0.3 is 0 Å². The maximum absolute atomic E-state index is 9.75. The second-order valence-electron chi connectivity index (χ2n) is 14.5. The van der Waals surface area contributed by atoms with Crippen molar-refractivity contribution in [1.29, 1.82) is 5.41 Å². The molecule has 4 aliphatic carbocycles. The summed E-state index contributed by atoms with van der Waals surface area (Å²) in [6, 6.07) is 46.3. The van der Waals surface area contributed by atoms with Crippen LogP contribution in [0.1, 0.15) is 47.9 Å². The monoisotopic (exact) mass is 694 g/mol. The van der Waals surface area contributed by atoms with E-state index in [1.54, 1.807) is 0 Å². The number of nitrogens with zero attached hydrogens (tertiary/aromatic N) is 2. The van der Waals surface area contributed by atoms with Gasteiger partial charge in [0.15, 0.2) is 5.82 Å². The number of aromatic nitrogens is 2. The molecule has 0 amide bonds. The van der Waals surface area contributed by atoms with E-state index >= 15 is 0 Å². The summed E-state index contributed by atoms with van der Waals surface area (Å²) in [5.74, 6) is 1.16. The summed E-state index contributed by atoms with van der Waals surface area (Å²) in [4.78, 5) is 10.1. The van der Waals surface area contributed by atoms with E-state index in [2.05, 4.69) is 127 Å². The Kier molecular flexibility index (Phi) is 7.95. The van der Waals surface area contributed by atoms with E-state index in [0.717, 1.165) is 92.9 Å². The predicted molar refractivity (Wildman–Crippen MR) is 222 cm³/mol. The summed E-state index contributed by atoms with van der Waals surface area (Å²) in [6.07, 6.45) is 15.3. The summed E-state index contributed by atoms with van der Waals surface area (Å²) in [6.45, 7) is 0. The van der Waals surface area contributed by atoms with Crippen molar-refractivity contribution in [2.24, 2.45) is 5.92 Å². The van der Waals surface area contributed by atoms with Crippen molar-refractivity contribution in [1.82, 2.24) is 15.3 Å². The molecule has 11 rings (SSSR count). The Morgan fingerprint density at radius 1 is 0.648 bits per heavy atom. The molecule has 6 aromatic rings. The second-order valence-corrected chi connectivity index (χ2v) is 14.5. The number of hydrogen-bond acceptors (Lipinski definition) is 4. The lowest BCUT2D eigenvalue weighted by Gasteiger charge is -2.38. The molecule has 258 valence electrons. The first-order valence-corrected chi connectivity index (χ1v) is 18.9. The fraction of sp³-hybridized carbons (Fsp3) is 0.100. The average Bonchev–Trinajstić information content (AvgIpc) is 3.24. The molecule has 1 saturated carbocycles. The van der Waals surface area contributed by atoms with Gasteiger partial charge in [0, 0.05) is 38.8 Å². The third kappa shape index (κ3) is 5.59. The first-order valence-electron chi connectivity index (χ1n) is 18.9. The molecule has 0 spiro atoms. The molecule has 2 N–H and O–H groups in total. The zero-order valence-electron chi connectivity index (χ0n) is 29.9. The summed E-state index contributed by atoms with van der Waals surface area (Å²) in [5, 5.41) is 14.8. The lowest BCUT2D eigenvalue weighted by Crippen LogP contribution is -2.29. The number of allylic oxidation sites excluding steroid dienone is 9. The van der Waals surface area contributed by atoms with Crippen LogP contribution in [0.5, 0.6) is 0 Å². The van der Waals surface area contributed by atoms with Crippen LogP contribution in [0.25, 0.3) is 44.8 Å². The van der Waals surface area contributed by atoms with Gasteiger partial charge in [0.1, 0.15) is 0 Å². The maximum atomic E-state index is 9.75. The number of fused-ring (bicyclic) bond motifs is 3. The van der Waals surface area contributed by atoms with E-state index in [-0.39, 0.29) is 0 Å². The molecule has 5 aromatic carbocycles. The molecule has 4 heteroatoms. The highest BCUT2D eigenvalue weighted by Gasteiger charge is 2.36. The predicted octanol–water partition coefficient (Wildman–Crippen LogP) is 11.7. The summed E-state index contributed by atoms with van der Waals surface area (Å²) in [5.41, 5.74) is 17.1. The SMILES string of the molecule is N=C(/C(C1=CC=C2CC1C2)=C1\NC(C2=CC=CCC2)=C(c2ccc(-c3nc(-c4ccccc4)nc4ccccc34)cc2)c2ccccc21)c1ccccc1. The van der Waals surface area contributed by atoms with Crippen molar-refractivity contribution in [2.75, 3.05) is 0 Å². The molecule has 0 saturated heterocycles. The van der Waals surface area contributed by atoms with Crippen molar-refractivity contribution in [3.8, 4) is 22.6 Å². The molecule has 2 heterocycles. The van der Waals surface area contributed by atoms with Crippen LogP contribution < -0.4 is 5.32 Å².